The molecule has 1 aliphatic rings. The van der Waals surface area contributed by atoms with Gasteiger partial charge in [0.25, 0.3) is 0 Å². The monoisotopic (exact) mass is 484 g/mol. The molecular formula is C24H32N6O3S. The Bertz CT molecular complexity index is 1090. The first kappa shape index (κ1) is 24.2. The van der Waals surface area contributed by atoms with Crippen LogP contribution in [0.2, 0.25) is 0 Å². The molecule has 34 heavy (non-hydrogen) atoms. The minimum Gasteiger partial charge on any atom is -0.481 e. The Balaban J connectivity index is 1.67. The zero-order valence-corrected chi connectivity index (χ0v) is 21.2. The summed E-state index contributed by atoms with van der Waals surface area (Å²) in [6.45, 7) is 8.44. The van der Waals surface area contributed by atoms with Crippen LogP contribution in [0.5, 0.6) is 11.8 Å². The van der Waals surface area contributed by atoms with Gasteiger partial charge in [-0.05, 0) is 25.8 Å². The first-order valence-corrected chi connectivity index (χ1v) is 12.5. The predicted octanol–water partition coefficient (Wildman–Crippen LogP) is 3.84. The number of pyridine rings is 1. The second-order valence-electron chi connectivity index (χ2n) is 7.90. The number of aryl methyl sites for hydroxylation is 2. The third kappa shape index (κ3) is 4.92. The van der Waals surface area contributed by atoms with Gasteiger partial charge in [-0.15, -0.1) is 11.3 Å². The van der Waals surface area contributed by atoms with Gasteiger partial charge in [0.2, 0.25) is 11.8 Å². The minimum absolute atomic E-state index is 0.0380. The molecular weight excluding hydrogens is 452 g/mol. The number of methoxy groups -OCH3 is 2. The lowest BCUT2D eigenvalue weighted by Crippen LogP contribution is -2.35. The van der Waals surface area contributed by atoms with Crippen LogP contribution in [0.25, 0.3) is 11.3 Å². The van der Waals surface area contributed by atoms with E-state index in [9.17, 15) is 0 Å². The maximum absolute atomic E-state index is 6.08. The predicted molar refractivity (Wildman–Crippen MR) is 134 cm³/mol. The maximum atomic E-state index is 6.08. The molecule has 1 aliphatic heterocycles. The Morgan fingerprint density at radius 3 is 2.50 bits per heavy atom. The third-order valence-electron chi connectivity index (χ3n) is 5.86. The van der Waals surface area contributed by atoms with E-state index < -0.39 is 0 Å². The SMILES string of the molecule is CCOC1CN(c2nccs2)CC1Nc1nc(CC)c(-c2ccc(OC)nc2OC)nc1CC. The lowest BCUT2D eigenvalue weighted by Gasteiger charge is -2.22. The summed E-state index contributed by atoms with van der Waals surface area (Å²) in [5, 5.41) is 6.67. The van der Waals surface area contributed by atoms with Crippen molar-refractivity contribution in [2.45, 2.75) is 45.8 Å². The van der Waals surface area contributed by atoms with E-state index in [2.05, 4.69) is 34.0 Å². The fraction of sp³-hybridized carbons (Fsp3) is 0.500. The van der Waals surface area contributed by atoms with Gasteiger partial charge >= 0.3 is 0 Å². The highest BCUT2D eigenvalue weighted by molar-refractivity contribution is 7.13. The van der Waals surface area contributed by atoms with Gasteiger partial charge in [0, 0.05) is 37.3 Å². The van der Waals surface area contributed by atoms with Crippen molar-refractivity contribution in [1.82, 2.24) is 19.9 Å². The number of ether oxygens (including phenoxy) is 3. The Morgan fingerprint density at radius 2 is 1.85 bits per heavy atom. The van der Waals surface area contributed by atoms with Gasteiger partial charge in [0.05, 0.1) is 49.0 Å². The van der Waals surface area contributed by atoms with E-state index in [1.165, 1.54) is 0 Å². The fourth-order valence-electron chi connectivity index (χ4n) is 4.20. The Morgan fingerprint density at radius 1 is 1.03 bits per heavy atom. The Labute approximate surface area is 204 Å². The van der Waals surface area contributed by atoms with Gasteiger partial charge in [-0.2, -0.15) is 4.98 Å². The summed E-state index contributed by atoms with van der Waals surface area (Å²) in [5.41, 5.74) is 3.37. The van der Waals surface area contributed by atoms with Gasteiger partial charge in [0.1, 0.15) is 5.82 Å². The zero-order valence-electron chi connectivity index (χ0n) is 20.4. The average molecular weight is 485 g/mol. The molecule has 2 atom stereocenters. The van der Waals surface area contributed by atoms with Crippen LogP contribution in [-0.2, 0) is 17.6 Å². The largest absolute Gasteiger partial charge is 0.481 e. The fourth-order valence-corrected chi connectivity index (χ4v) is 4.86. The summed E-state index contributed by atoms with van der Waals surface area (Å²) >= 11 is 1.64. The number of hydrogen-bond acceptors (Lipinski definition) is 10. The van der Waals surface area contributed by atoms with E-state index in [0.29, 0.717) is 18.4 Å². The van der Waals surface area contributed by atoms with Crippen molar-refractivity contribution in [2.24, 2.45) is 0 Å². The van der Waals surface area contributed by atoms with Gasteiger partial charge in [-0.25, -0.2) is 15.0 Å². The normalized spacial score (nSPS) is 17.7. The molecule has 0 radical (unpaired) electrons. The lowest BCUT2D eigenvalue weighted by atomic mass is 10.1. The highest BCUT2D eigenvalue weighted by Gasteiger charge is 2.35. The molecule has 182 valence electrons. The molecule has 2 unspecified atom stereocenters. The van der Waals surface area contributed by atoms with Gasteiger partial charge in [-0.1, -0.05) is 13.8 Å². The quantitative estimate of drug-likeness (QED) is 0.460. The van der Waals surface area contributed by atoms with Crippen molar-refractivity contribution < 1.29 is 14.2 Å². The van der Waals surface area contributed by atoms with Gasteiger partial charge < -0.3 is 24.4 Å². The topological polar surface area (TPSA) is 94.5 Å². The highest BCUT2D eigenvalue weighted by atomic mass is 32.1. The number of rotatable bonds is 10. The van der Waals surface area contributed by atoms with Crippen LogP contribution in [0.4, 0.5) is 10.9 Å². The molecule has 0 saturated carbocycles. The number of aromatic nitrogens is 4. The Kier molecular flexibility index (Phi) is 7.79. The molecule has 0 aliphatic carbocycles. The summed E-state index contributed by atoms with van der Waals surface area (Å²) < 4.78 is 16.9. The van der Waals surface area contributed by atoms with E-state index >= 15 is 0 Å². The van der Waals surface area contributed by atoms with Crippen LogP contribution in [0, 0.1) is 0 Å². The molecule has 4 rings (SSSR count). The molecule has 9 nitrogen and oxygen atoms in total. The Hall–Kier alpha value is -2.98. The first-order valence-electron chi connectivity index (χ1n) is 11.6. The molecule has 3 aromatic rings. The highest BCUT2D eigenvalue weighted by Crippen LogP contribution is 2.33. The van der Waals surface area contributed by atoms with E-state index in [1.807, 2.05) is 30.6 Å². The summed E-state index contributed by atoms with van der Waals surface area (Å²) in [5.74, 6) is 1.77. The van der Waals surface area contributed by atoms with Crippen molar-refractivity contribution in [3.05, 3.63) is 35.1 Å². The lowest BCUT2D eigenvalue weighted by molar-refractivity contribution is 0.0719. The number of nitrogens with zero attached hydrogens (tertiary/aromatic N) is 5. The molecule has 0 bridgehead atoms. The van der Waals surface area contributed by atoms with E-state index in [0.717, 1.165) is 59.5 Å². The minimum atomic E-state index is 0.0380. The average Bonchev–Trinajstić information content (AvgIpc) is 3.54. The van der Waals surface area contributed by atoms with E-state index in [1.54, 1.807) is 25.6 Å². The van der Waals surface area contributed by atoms with Crippen LogP contribution < -0.4 is 19.7 Å². The maximum Gasteiger partial charge on any atom is 0.226 e. The van der Waals surface area contributed by atoms with Crippen LogP contribution in [0.15, 0.2) is 23.7 Å². The van der Waals surface area contributed by atoms with Crippen LogP contribution >= 0.6 is 11.3 Å². The molecule has 0 amide bonds. The number of thiazole rings is 1. The smallest absolute Gasteiger partial charge is 0.226 e. The van der Waals surface area contributed by atoms with E-state index in [-0.39, 0.29) is 12.1 Å². The zero-order chi connectivity index (χ0) is 24.1. The second kappa shape index (κ2) is 11.0. The summed E-state index contributed by atoms with van der Waals surface area (Å²) in [6.07, 6.45) is 3.34. The number of anilines is 2. The standard InChI is InChI=1S/C24H32N6O3S/c1-6-16-21(15-9-10-20(31-4)29-23(15)32-5)26-17(7-2)22(27-16)28-18-13-30(14-19(18)33-8-3)24-25-11-12-34-24/h9-12,18-19H,6-8,13-14H2,1-5H3,(H,27,28). The van der Waals surface area contributed by atoms with Crippen molar-refractivity contribution in [2.75, 3.05) is 44.1 Å². The van der Waals surface area contributed by atoms with Crippen molar-refractivity contribution in [3.63, 3.8) is 0 Å². The van der Waals surface area contributed by atoms with Crippen molar-refractivity contribution >= 4 is 22.3 Å². The summed E-state index contributed by atoms with van der Waals surface area (Å²) in [6, 6.07) is 3.82. The number of hydrogen-bond donors (Lipinski definition) is 1. The van der Waals surface area contributed by atoms with Crippen LogP contribution in [0.1, 0.15) is 32.2 Å². The third-order valence-corrected chi connectivity index (χ3v) is 6.69. The van der Waals surface area contributed by atoms with Crippen LogP contribution in [-0.4, -0.2) is 66.0 Å². The molecule has 1 fully saturated rings. The first-order chi connectivity index (χ1) is 16.6. The number of nitrogens with one attached hydrogen (secondary N) is 1. The van der Waals surface area contributed by atoms with Crippen molar-refractivity contribution in [1.29, 1.82) is 0 Å². The van der Waals surface area contributed by atoms with Crippen molar-refractivity contribution in [3.8, 4) is 23.0 Å². The van der Waals surface area contributed by atoms with Gasteiger partial charge in [0.15, 0.2) is 5.13 Å². The molecule has 3 aromatic heterocycles. The molecule has 0 spiro atoms. The van der Waals surface area contributed by atoms with E-state index in [4.69, 9.17) is 24.2 Å². The second-order valence-corrected chi connectivity index (χ2v) is 8.77. The molecule has 10 heteroatoms. The van der Waals surface area contributed by atoms with Crippen LogP contribution in [0.3, 0.4) is 0 Å². The van der Waals surface area contributed by atoms with Gasteiger partial charge in [-0.3, -0.25) is 0 Å². The molecule has 1 N–H and O–H groups in total. The summed E-state index contributed by atoms with van der Waals surface area (Å²) in [4.78, 5) is 21.2. The molecule has 1 saturated heterocycles. The molecule has 0 aromatic carbocycles. The summed E-state index contributed by atoms with van der Waals surface area (Å²) in [7, 11) is 3.19. The molecule has 4 heterocycles.